The van der Waals surface area contributed by atoms with Crippen molar-refractivity contribution in [3.63, 3.8) is 0 Å². The van der Waals surface area contributed by atoms with Gasteiger partial charge >= 0.3 is 6.18 Å². The molecule has 6 nitrogen and oxygen atoms in total. The first-order valence-electron chi connectivity index (χ1n) is 6.45. The zero-order valence-electron chi connectivity index (χ0n) is 11.6. The number of alkyl halides is 3. The Morgan fingerprint density at radius 1 is 1.32 bits per heavy atom. The summed E-state index contributed by atoms with van der Waals surface area (Å²) in [6.07, 6.45) is -2.11. The van der Waals surface area contributed by atoms with Crippen molar-refractivity contribution in [3.05, 3.63) is 29.9 Å². The second-order valence-corrected chi connectivity index (χ2v) is 4.83. The Morgan fingerprint density at radius 3 is 2.77 bits per heavy atom. The van der Waals surface area contributed by atoms with E-state index in [4.69, 9.17) is 13.9 Å². The summed E-state index contributed by atoms with van der Waals surface area (Å²) in [4.78, 5) is 3.50. The van der Waals surface area contributed by atoms with E-state index in [1.807, 2.05) is 0 Å². The molecule has 0 saturated carbocycles. The number of pyridine rings is 1. The van der Waals surface area contributed by atoms with Gasteiger partial charge in [-0.05, 0) is 6.07 Å². The highest BCUT2D eigenvalue weighted by Crippen LogP contribution is 2.38. The molecule has 9 heteroatoms. The average molecular weight is 315 g/mol. The third kappa shape index (κ3) is 2.46. The monoisotopic (exact) mass is 315 g/mol. The Balaban J connectivity index is 2.02. The van der Waals surface area contributed by atoms with E-state index >= 15 is 0 Å². The van der Waals surface area contributed by atoms with Crippen LogP contribution in [0.5, 0.6) is 0 Å². The summed E-state index contributed by atoms with van der Waals surface area (Å²) in [5.74, 6) is -0.125. The van der Waals surface area contributed by atoms with Crippen LogP contribution in [-0.4, -0.2) is 35.5 Å². The molecular formula is C13H12F3N3O3. The molecule has 0 aliphatic carbocycles. The van der Waals surface area contributed by atoms with Crippen LogP contribution in [0.3, 0.4) is 0 Å². The Labute approximate surface area is 123 Å². The molecule has 1 unspecified atom stereocenters. The van der Waals surface area contributed by atoms with Crippen molar-refractivity contribution < 1.29 is 27.1 Å². The first-order valence-corrected chi connectivity index (χ1v) is 6.45. The second kappa shape index (κ2) is 5.33. The molecule has 1 aliphatic heterocycles. The maximum absolute atomic E-state index is 13.0. The molecule has 0 radical (unpaired) electrons. The van der Waals surface area contributed by atoms with Gasteiger partial charge in [-0.25, -0.2) is 0 Å². The Kier molecular flexibility index (Phi) is 3.61. The van der Waals surface area contributed by atoms with Gasteiger partial charge < -0.3 is 13.9 Å². The zero-order chi connectivity index (χ0) is 15.8. The van der Waals surface area contributed by atoms with E-state index in [1.165, 1.54) is 19.4 Å². The molecule has 3 rings (SSSR count). The van der Waals surface area contributed by atoms with E-state index in [9.17, 15) is 13.2 Å². The van der Waals surface area contributed by atoms with Crippen molar-refractivity contribution in [1.29, 1.82) is 0 Å². The number of halogens is 3. The van der Waals surface area contributed by atoms with E-state index < -0.39 is 17.3 Å². The van der Waals surface area contributed by atoms with E-state index in [0.717, 1.165) is 6.20 Å². The van der Waals surface area contributed by atoms with Crippen LogP contribution in [-0.2, 0) is 21.3 Å². The minimum absolute atomic E-state index is 0.104. The van der Waals surface area contributed by atoms with E-state index in [2.05, 4.69) is 15.2 Å². The quantitative estimate of drug-likeness (QED) is 0.866. The largest absolute Gasteiger partial charge is 0.418 e. The lowest BCUT2D eigenvalue weighted by Crippen LogP contribution is -2.29. The molecule has 0 spiro atoms. The predicted octanol–water partition coefficient (Wildman–Crippen LogP) is 2.41. The lowest BCUT2D eigenvalue weighted by Gasteiger charge is -2.20. The van der Waals surface area contributed by atoms with Gasteiger partial charge in [0.2, 0.25) is 5.89 Å². The van der Waals surface area contributed by atoms with Crippen molar-refractivity contribution in [1.82, 2.24) is 15.2 Å². The van der Waals surface area contributed by atoms with Gasteiger partial charge in [-0.3, -0.25) is 4.98 Å². The lowest BCUT2D eigenvalue weighted by molar-refractivity contribution is -0.137. The minimum Gasteiger partial charge on any atom is -0.417 e. The first-order chi connectivity index (χ1) is 10.5. The molecule has 1 aliphatic rings. The second-order valence-electron chi connectivity index (χ2n) is 4.83. The first kappa shape index (κ1) is 14.9. The fourth-order valence-electron chi connectivity index (χ4n) is 2.29. The van der Waals surface area contributed by atoms with Crippen molar-refractivity contribution >= 4 is 0 Å². The van der Waals surface area contributed by atoms with E-state index in [0.29, 0.717) is 13.0 Å². The highest BCUT2D eigenvalue weighted by atomic mass is 19.4. The maximum atomic E-state index is 13.0. The summed E-state index contributed by atoms with van der Waals surface area (Å²) in [5.41, 5.74) is -2.05. The molecular weight excluding hydrogens is 303 g/mol. The molecule has 2 aromatic heterocycles. The van der Waals surface area contributed by atoms with Crippen LogP contribution in [0.25, 0.3) is 11.5 Å². The van der Waals surface area contributed by atoms with Gasteiger partial charge in [0.05, 0.1) is 24.3 Å². The van der Waals surface area contributed by atoms with E-state index in [-0.39, 0.29) is 24.0 Å². The smallest absolute Gasteiger partial charge is 0.417 e. The van der Waals surface area contributed by atoms with Crippen LogP contribution in [0.4, 0.5) is 13.2 Å². The molecule has 0 N–H and O–H groups in total. The highest BCUT2D eigenvalue weighted by Gasteiger charge is 2.43. The number of ether oxygens (including phenoxy) is 2. The summed E-state index contributed by atoms with van der Waals surface area (Å²) in [6, 6.07) is 1.19. The fourth-order valence-corrected chi connectivity index (χ4v) is 2.29. The molecule has 22 heavy (non-hydrogen) atoms. The number of hydrogen-bond donors (Lipinski definition) is 0. The van der Waals surface area contributed by atoms with Crippen molar-refractivity contribution in [3.8, 4) is 11.5 Å². The molecule has 118 valence electrons. The van der Waals surface area contributed by atoms with Gasteiger partial charge in [0.25, 0.3) is 5.89 Å². The summed E-state index contributed by atoms with van der Waals surface area (Å²) in [5, 5.41) is 7.55. The number of methoxy groups -OCH3 is 1. The SMILES string of the molecule is COC1(c2nnc(-c3ccncc3C(F)(F)F)o2)CCOC1. The van der Waals surface area contributed by atoms with Crippen LogP contribution in [0.1, 0.15) is 17.9 Å². The maximum Gasteiger partial charge on any atom is 0.418 e. The summed E-state index contributed by atoms with van der Waals surface area (Å²) in [6.45, 7) is 0.669. The number of hydrogen-bond acceptors (Lipinski definition) is 6. The van der Waals surface area contributed by atoms with Gasteiger partial charge in [0.1, 0.15) is 0 Å². The minimum atomic E-state index is -4.56. The topological polar surface area (TPSA) is 70.3 Å². The lowest BCUT2D eigenvalue weighted by atomic mass is 10.0. The molecule has 1 atom stereocenters. The highest BCUT2D eigenvalue weighted by molar-refractivity contribution is 5.58. The summed E-state index contributed by atoms with van der Waals surface area (Å²) >= 11 is 0. The number of rotatable bonds is 3. The zero-order valence-corrected chi connectivity index (χ0v) is 11.6. The molecule has 0 aromatic carbocycles. The van der Waals surface area contributed by atoms with Gasteiger partial charge in [-0.15, -0.1) is 10.2 Å². The summed E-state index contributed by atoms with van der Waals surface area (Å²) in [7, 11) is 1.46. The normalized spacial score (nSPS) is 22.2. The Hall–Kier alpha value is -2.00. The molecule has 1 fully saturated rings. The summed E-state index contributed by atoms with van der Waals surface area (Å²) < 4.78 is 55.1. The van der Waals surface area contributed by atoms with Gasteiger partial charge in [-0.1, -0.05) is 0 Å². The van der Waals surface area contributed by atoms with Crippen LogP contribution in [0.2, 0.25) is 0 Å². The van der Waals surface area contributed by atoms with Crippen molar-refractivity contribution in [2.75, 3.05) is 20.3 Å². The molecule has 2 aromatic rings. The number of nitrogens with zero attached hydrogens (tertiary/aromatic N) is 3. The third-order valence-corrected chi connectivity index (χ3v) is 3.55. The van der Waals surface area contributed by atoms with Crippen molar-refractivity contribution in [2.45, 2.75) is 18.2 Å². The van der Waals surface area contributed by atoms with Gasteiger partial charge in [-0.2, -0.15) is 13.2 Å². The molecule has 0 bridgehead atoms. The molecule has 0 amide bonds. The van der Waals surface area contributed by atoms with Crippen LogP contribution in [0, 0.1) is 0 Å². The van der Waals surface area contributed by atoms with Crippen molar-refractivity contribution in [2.24, 2.45) is 0 Å². The number of aromatic nitrogens is 3. The van der Waals surface area contributed by atoms with Gasteiger partial charge in [0.15, 0.2) is 5.60 Å². The average Bonchev–Trinajstić information content (AvgIpc) is 3.16. The Bertz CT molecular complexity index is 666. The standard InChI is InChI=1S/C13H12F3N3O3/c1-20-12(3-5-21-7-12)11-19-18-10(22-11)8-2-4-17-6-9(8)13(14,15)16/h2,4,6H,3,5,7H2,1H3. The van der Waals surface area contributed by atoms with Crippen LogP contribution >= 0.6 is 0 Å². The Morgan fingerprint density at radius 2 is 2.14 bits per heavy atom. The van der Waals surface area contributed by atoms with Crippen LogP contribution < -0.4 is 0 Å². The van der Waals surface area contributed by atoms with Crippen LogP contribution in [0.15, 0.2) is 22.9 Å². The predicted molar refractivity (Wildman–Crippen MR) is 66.7 cm³/mol. The van der Waals surface area contributed by atoms with Gasteiger partial charge in [0, 0.05) is 25.9 Å². The van der Waals surface area contributed by atoms with E-state index in [1.54, 1.807) is 0 Å². The molecule has 3 heterocycles. The molecule has 1 saturated heterocycles. The fraction of sp³-hybridized carbons (Fsp3) is 0.462. The third-order valence-electron chi connectivity index (χ3n) is 3.55.